The normalized spacial score (nSPS) is 15.6. The molecule has 0 aromatic heterocycles. The number of para-hydroxylation sites is 1. The lowest BCUT2D eigenvalue weighted by Crippen LogP contribution is -2.39. The first-order chi connectivity index (χ1) is 11.2. The van der Waals surface area contributed by atoms with Crippen LogP contribution in [0.2, 0.25) is 0 Å². The topological polar surface area (TPSA) is 106 Å². The van der Waals surface area contributed by atoms with Crippen molar-refractivity contribution < 1.29 is 9.66 Å². The van der Waals surface area contributed by atoms with Gasteiger partial charge in [0.1, 0.15) is 0 Å². The molecule has 24 heavy (non-hydrogen) atoms. The van der Waals surface area contributed by atoms with Gasteiger partial charge in [-0.3, -0.25) is 15.0 Å². The van der Waals surface area contributed by atoms with Crippen LogP contribution in [0.4, 0.5) is 5.69 Å². The second-order valence-corrected chi connectivity index (χ2v) is 5.32. The molecular weight excluding hydrogens is 425 g/mol. The Morgan fingerprint density at radius 2 is 2.08 bits per heavy atom. The molecule has 0 spiro atoms. The molecule has 0 unspecified atom stereocenters. The molecule has 0 atom stereocenters. The third-order valence-corrected chi connectivity index (χ3v) is 3.67. The maximum atomic E-state index is 10.9. The highest BCUT2D eigenvalue weighted by Crippen LogP contribution is 2.18. The van der Waals surface area contributed by atoms with Gasteiger partial charge in [0.2, 0.25) is 0 Å². The number of guanidine groups is 1. The Morgan fingerprint density at radius 3 is 2.79 bits per heavy atom. The van der Waals surface area contributed by atoms with E-state index in [4.69, 9.17) is 10.5 Å². The van der Waals surface area contributed by atoms with Gasteiger partial charge in [0.25, 0.3) is 5.69 Å². The van der Waals surface area contributed by atoms with Crippen LogP contribution in [0.25, 0.3) is 0 Å². The molecule has 8 nitrogen and oxygen atoms in total. The van der Waals surface area contributed by atoms with Crippen molar-refractivity contribution in [3.8, 4) is 0 Å². The van der Waals surface area contributed by atoms with Gasteiger partial charge in [-0.25, -0.2) is 4.99 Å². The van der Waals surface area contributed by atoms with E-state index in [1.807, 2.05) is 0 Å². The maximum Gasteiger partial charge on any atom is 0.274 e. The summed E-state index contributed by atoms with van der Waals surface area (Å²) in [6.07, 6.45) is 0.960. The standard InChI is InChI=1S/C15H23N5O3.HI/c16-15(17-6-3-7-19-8-10-23-11-9-19)18-12-13-4-1-2-5-14(13)20(21)22;/h1-2,4-5H,3,6-12H2,(H3,16,17,18);1H. The average Bonchev–Trinajstić information content (AvgIpc) is 2.58. The fourth-order valence-electron chi connectivity index (χ4n) is 2.39. The van der Waals surface area contributed by atoms with Crippen molar-refractivity contribution >= 4 is 35.6 Å². The zero-order chi connectivity index (χ0) is 16.5. The fourth-order valence-corrected chi connectivity index (χ4v) is 2.39. The highest BCUT2D eigenvalue weighted by atomic mass is 127. The van der Waals surface area contributed by atoms with E-state index < -0.39 is 4.92 Å². The summed E-state index contributed by atoms with van der Waals surface area (Å²) in [7, 11) is 0. The molecule has 0 aliphatic carbocycles. The number of nitrogens with one attached hydrogen (secondary N) is 1. The zero-order valence-electron chi connectivity index (χ0n) is 13.5. The number of ether oxygens (including phenoxy) is 1. The van der Waals surface area contributed by atoms with Gasteiger partial charge in [0.05, 0.1) is 30.2 Å². The molecule has 1 aliphatic rings. The molecule has 2 rings (SSSR count). The van der Waals surface area contributed by atoms with Gasteiger partial charge in [-0.1, -0.05) is 18.2 Å². The molecule has 134 valence electrons. The SMILES string of the molecule is I.NC(=NCc1ccccc1[N+](=O)[O-])NCCCN1CCOCC1. The van der Waals surface area contributed by atoms with Gasteiger partial charge in [0, 0.05) is 25.7 Å². The lowest BCUT2D eigenvalue weighted by atomic mass is 10.2. The molecular formula is C15H24IN5O3. The highest BCUT2D eigenvalue weighted by molar-refractivity contribution is 14.0. The number of nitrogens with two attached hydrogens (primary N) is 1. The summed E-state index contributed by atoms with van der Waals surface area (Å²) in [4.78, 5) is 17.0. The highest BCUT2D eigenvalue weighted by Gasteiger charge is 2.11. The van der Waals surface area contributed by atoms with Gasteiger partial charge in [-0.2, -0.15) is 0 Å². The van der Waals surface area contributed by atoms with Crippen molar-refractivity contribution in [3.63, 3.8) is 0 Å². The van der Waals surface area contributed by atoms with Crippen molar-refractivity contribution in [2.24, 2.45) is 10.7 Å². The minimum Gasteiger partial charge on any atom is -0.379 e. The second kappa shape index (κ2) is 11.2. The van der Waals surface area contributed by atoms with E-state index in [0.717, 1.165) is 45.8 Å². The Bertz CT molecular complexity index is 550. The Kier molecular flexibility index (Phi) is 9.57. The van der Waals surface area contributed by atoms with Gasteiger partial charge in [-0.05, 0) is 13.0 Å². The number of halogens is 1. The Balaban J connectivity index is 0.00000288. The van der Waals surface area contributed by atoms with Gasteiger partial charge >= 0.3 is 0 Å². The number of nitrogens with zero attached hydrogens (tertiary/aromatic N) is 3. The lowest BCUT2D eigenvalue weighted by molar-refractivity contribution is -0.385. The van der Waals surface area contributed by atoms with Crippen LogP contribution in [0, 0.1) is 10.1 Å². The van der Waals surface area contributed by atoms with Crippen LogP contribution in [-0.2, 0) is 11.3 Å². The summed E-state index contributed by atoms with van der Waals surface area (Å²) in [6.45, 7) is 5.46. The molecule has 0 amide bonds. The molecule has 0 bridgehead atoms. The van der Waals surface area contributed by atoms with Gasteiger partial charge in [-0.15, -0.1) is 24.0 Å². The Morgan fingerprint density at radius 1 is 1.38 bits per heavy atom. The molecule has 0 radical (unpaired) electrons. The molecule has 1 aliphatic heterocycles. The lowest BCUT2D eigenvalue weighted by Gasteiger charge is -2.26. The van der Waals surface area contributed by atoms with Crippen LogP contribution in [0.15, 0.2) is 29.3 Å². The summed E-state index contributed by atoms with van der Waals surface area (Å²) in [5, 5.41) is 14.0. The van der Waals surface area contributed by atoms with Crippen LogP contribution in [0.3, 0.4) is 0 Å². The minimum absolute atomic E-state index is 0. The average molecular weight is 449 g/mol. The van der Waals surface area contributed by atoms with E-state index in [9.17, 15) is 10.1 Å². The molecule has 1 aromatic rings. The number of hydrogen-bond acceptors (Lipinski definition) is 5. The number of nitro groups is 1. The fraction of sp³-hybridized carbons (Fsp3) is 0.533. The van der Waals surface area contributed by atoms with Crippen LogP contribution in [0.1, 0.15) is 12.0 Å². The van der Waals surface area contributed by atoms with E-state index in [0.29, 0.717) is 11.5 Å². The molecule has 0 saturated carbocycles. The van der Waals surface area contributed by atoms with Crippen LogP contribution >= 0.6 is 24.0 Å². The summed E-state index contributed by atoms with van der Waals surface area (Å²) in [5.41, 5.74) is 6.42. The first-order valence-electron chi connectivity index (χ1n) is 7.73. The van der Waals surface area contributed by atoms with E-state index in [2.05, 4.69) is 15.2 Å². The molecule has 1 fully saturated rings. The van der Waals surface area contributed by atoms with Crippen molar-refractivity contribution in [3.05, 3.63) is 39.9 Å². The van der Waals surface area contributed by atoms with E-state index in [1.54, 1.807) is 18.2 Å². The summed E-state index contributed by atoms with van der Waals surface area (Å²) >= 11 is 0. The summed E-state index contributed by atoms with van der Waals surface area (Å²) in [6, 6.07) is 6.55. The number of benzene rings is 1. The van der Waals surface area contributed by atoms with Crippen LogP contribution in [-0.4, -0.2) is 55.2 Å². The number of morpholine rings is 1. The molecule has 1 saturated heterocycles. The quantitative estimate of drug-likeness (QED) is 0.163. The Hall–Kier alpha value is -1.46. The van der Waals surface area contributed by atoms with E-state index in [-0.39, 0.29) is 36.2 Å². The first kappa shape index (κ1) is 20.6. The number of rotatable bonds is 7. The van der Waals surface area contributed by atoms with Gasteiger partial charge < -0.3 is 15.8 Å². The Labute approximate surface area is 158 Å². The largest absolute Gasteiger partial charge is 0.379 e. The first-order valence-corrected chi connectivity index (χ1v) is 7.73. The van der Waals surface area contributed by atoms with Crippen LogP contribution < -0.4 is 11.1 Å². The van der Waals surface area contributed by atoms with Crippen molar-refractivity contribution in [2.45, 2.75) is 13.0 Å². The molecule has 1 heterocycles. The number of aliphatic imine (C=N–C) groups is 1. The number of hydrogen-bond donors (Lipinski definition) is 2. The minimum atomic E-state index is -0.406. The smallest absolute Gasteiger partial charge is 0.274 e. The second-order valence-electron chi connectivity index (χ2n) is 5.32. The van der Waals surface area contributed by atoms with Crippen molar-refractivity contribution in [1.29, 1.82) is 0 Å². The van der Waals surface area contributed by atoms with Crippen molar-refractivity contribution in [2.75, 3.05) is 39.4 Å². The summed E-state index contributed by atoms with van der Waals surface area (Å²) in [5.74, 6) is 0.310. The maximum absolute atomic E-state index is 10.9. The van der Waals surface area contributed by atoms with Crippen molar-refractivity contribution in [1.82, 2.24) is 10.2 Å². The monoisotopic (exact) mass is 449 g/mol. The zero-order valence-corrected chi connectivity index (χ0v) is 15.8. The third kappa shape index (κ3) is 6.97. The molecule has 9 heteroatoms. The predicted molar refractivity (Wildman–Crippen MR) is 104 cm³/mol. The molecule has 1 aromatic carbocycles. The van der Waals surface area contributed by atoms with E-state index in [1.165, 1.54) is 6.07 Å². The predicted octanol–water partition coefficient (Wildman–Crippen LogP) is 1.34. The number of nitro benzene ring substituents is 1. The third-order valence-electron chi connectivity index (χ3n) is 3.67. The van der Waals surface area contributed by atoms with Crippen LogP contribution in [0.5, 0.6) is 0 Å². The summed E-state index contributed by atoms with van der Waals surface area (Å²) < 4.78 is 5.30. The van der Waals surface area contributed by atoms with Gasteiger partial charge in [0.15, 0.2) is 5.96 Å². The van der Waals surface area contributed by atoms with E-state index >= 15 is 0 Å². The molecule has 3 N–H and O–H groups in total.